The minimum atomic E-state index is -3.76. The van der Waals surface area contributed by atoms with Gasteiger partial charge in [0.25, 0.3) is 15.9 Å². The number of pyridine rings is 1. The summed E-state index contributed by atoms with van der Waals surface area (Å²) in [6.07, 6.45) is 2.94. The Kier molecular flexibility index (Phi) is 6.71. The third kappa shape index (κ3) is 5.59. The Morgan fingerprint density at radius 2 is 1.77 bits per heavy atom. The summed E-state index contributed by atoms with van der Waals surface area (Å²) >= 11 is 5.79. The number of carbonyl (C=O) groups is 1. The van der Waals surface area contributed by atoms with Crippen LogP contribution in [0.25, 0.3) is 0 Å². The Bertz CT molecular complexity index is 1130. The molecule has 30 heavy (non-hydrogen) atoms. The first-order valence-electron chi connectivity index (χ1n) is 8.79. The summed E-state index contributed by atoms with van der Waals surface area (Å²) in [6.45, 7) is 3.93. The van der Waals surface area contributed by atoms with Crippen molar-refractivity contribution in [3.63, 3.8) is 0 Å². The smallest absolute Gasteiger partial charge is 0.261 e. The Labute approximate surface area is 179 Å². The quantitative estimate of drug-likeness (QED) is 0.507. The molecule has 0 spiro atoms. The summed E-state index contributed by atoms with van der Waals surface area (Å²) < 4.78 is 32.8. The number of rotatable bonds is 8. The van der Waals surface area contributed by atoms with E-state index < -0.39 is 10.0 Å². The number of nitrogens with one attached hydrogen (secondary N) is 2. The van der Waals surface area contributed by atoms with Gasteiger partial charge in [0, 0.05) is 23.2 Å². The molecule has 7 nitrogen and oxygen atoms in total. The number of anilines is 1. The van der Waals surface area contributed by atoms with Crippen molar-refractivity contribution in [1.82, 2.24) is 10.3 Å². The number of hydrogen-bond acceptors (Lipinski definition) is 5. The second kappa shape index (κ2) is 9.43. The fourth-order valence-electron chi connectivity index (χ4n) is 2.39. The second-order valence-corrected chi connectivity index (χ2v) is 8.19. The van der Waals surface area contributed by atoms with Crippen LogP contribution >= 0.6 is 11.6 Å². The molecule has 2 N–H and O–H groups in total. The van der Waals surface area contributed by atoms with Gasteiger partial charge in [0.15, 0.2) is 0 Å². The molecule has 0 atom stereocenters. The fraction of sp³-hybridized carbons (Fsp3) is 0.0476. The number of nitrogens with zero attached hydrogens (tertiary/aromatic N) is 1. The van der Waals surface area contributed by atoms with Crippen LogP contribution in [-0.2, 0) is 10.0 Å². The highest BCUT2D eigenvalue weighted by molar-refractivity contribution is 7.92. The minimum Gasteiger partial charge on any atom is -0.439 e. The fourth-order valence-corrected chi connectivity index (χ4v) is 3.56. The van der Waals surface area contributed by atoms with Gasteiger partial charge in [-0.15, -0.1) is 6.58 Å². The Balaban J connectivity index is 1.64. The van der Waals surface area contributed by atoms with Gasteiger partial charge in [-0.05, 0) is 54.6 Å². The zero-order valence-corrected chi connectivity index (χ0v) is 17.3. The largest absolute Gasteiger partial charge is 0.439 e. The molecule has 1 amide bonds. The molecule has 0 bridgehead atoms. The average Bonchev–Trinajstić information content (AvgIpc) is 2.74. The second-order valence-electron chi connectivity index (χ2n) is 6.07. The molecule has 9 heteroatoms. The molecule has 3 aromatic rings. The van der Waals surface area contributed by atoms with Crippen molar-refractivity contribution in [3.05, 3.63) is 90.1 Å². The molecule has 0 unspecified atom stereocenters. The number of halogens is 1. The van der Waals surface area contributed by atoms with Crippen molar-refractivity contribution in [1.29, 1.82) is 0 Å². The normalized spacial score (nSPS) is 10.8. The van der Waals surface area contributed by atoms with Gasteiger partial charge in [-0.3, -0.25) is 9.52 Å². The zero-order chi connectivity index (χ0) is 21.6. The maximum absolute atomic E-state index is 12.4. The third-order valence-corrected chi connectivity index (χ3v) is 5.51. The summed E-state index contributed by atoms with van der Waals surface area (Å²) in [5.41, 5.74) is 0.774. The average molecular weight is 444 g/mol. The number of amides is 1. The van der Waals surface area contributed by atoms with Crippen molar-refractivity contribution in [2.45, 2.75) is 4.90 Å². The lowest BCUT2D eigenvalue weighted by Gasteiger charge is -2.09. The summed E-state index contributed by atoms with van der Waals surface area (Å²) in [4.78, 5) is 16.1. The van der Waals surface area contributed by atoms with Crippen molar-refractivity contribution < 1.29 is 17.9 Å². The summed E-state index contributed by atoms with van der Waals surface area (Å²) in [6, 6.07) is 15.4. The lowest BCUT2D eigenvalue weighted by Crippen LogP contribution is -2.22. The van der Waals surface area contributed by atoms with Gasteiger partial charge in [0.2, 0.25) is 5.88 Å². The van der Waals surface area contributed by atoms with E-state index in [2.05, 4.69) is 21.6 Å². The number of hydrogen-bond donors (Lipinski definition) is 2. The number of aromatic nitrogens is 1. The molecule has 154 valence electrons. The molecule has 0 radical (unpaired) electrons. The molecule has 3 rings (SSSR count). The van der Waals surface area contributed by atoms with Crippen molar-refractivity contribution in [2.75, 3.05) is 11.3 Å². The molecule has 0 aliphatic rings. The molecule has 0 saturated heterocycles. The Morgan fingerprint density at radius 3 is 2.37 bits per heavy atom. The predicted octanol–water partition coefficient (Wildman–Crippen LogP) is 4.24. The maximum Gasteiger partial charge on any atom is 0.261 e. The Morgan fingerprint density at radius 1 is 1.07 bits per heavy atom. The maximum atomic E-state index is 12.4. The first-order chi connectivity index (χ1) is 14.4. The molecular weight excluding hydrogens is 426 g/mol. The molecule has 0 aliphatic heterocycles. The number of carbonyl (C=O) groups excluding carboxylic acids is 1. The summed E-state index contributed by atoms with van der Waals surface area (Å²) in [7, 11) is -3.76. The summed E-state index contributed by atoms with van der Waals surface area (Å²) in [5, 5.41) is 3.13. The topological polar surface area (TPSA) is 97.4 Å². The lowest BCUT2D eigenvalue weighted by molar-refractivity contribution is 0.0958. The van der Waals surface area contributed by atoms with Crippen molar-refractivity contribution in [2.24, 2.45) is 0 Å². The summed E-state index contributed by atoms with van der Waals surface area (Å²) in [5.74, 6) is 0.544. The highest BCUT2D eigenvalue weighted by Crippen LogP contribution is 2.23. The number of sulfonamides is 1. The molecule has 0 aliphatic carbocycles. The Hall–Kier alpha value is -3.36. The monoisotopic (exact) mass is 443 g/mol. The predicted molar refractivity (Wildman–Crippen MR) is 116 cm³/mol. The van der Waals surface area contributed by atoms with E-state index in [4.69, 9.17) is 16.3 Å². The molecule has 1 heterocycles. The SMILES string of the molecule is C=CCNC(=O)c1ccc(Oc2ccc(NS(=O)(=O)c3ccc(Cl)cc3)cn2)cc1. The highest BCUT2D eigenvalue weighted by atomic mass is 35.5. The molecule has 2 aromatic carbocycles. The molecular formula is C21H18ClN3O4S. The van der Waals surface area contributed by atoms with Crippen LogP contribution in [0.1, 0.15) is 10.4 Å². The van der Waals surface area contributed by atoms with E-state index in [-0.39, 0.29) is 22.4 Å². The van der Waals surface area contributed by atoms with E-state index in [1.54, 1.807) is 30.3 Å². The van der Waals surface area contributed by atoms with Gasteiger partial charge >= 0.3 is 0 Å². The van der Waals surface area contributed by atoms with Gasteiger partial charge in [-0.25, -0.2) is 13.4 Å². The van der Waals surface area contributed by atoms with Crippen LogP contribution in [0, 0.1) is 0 Å². The van der Waals surface area contributed by atoms with Gasteiger partial charge < -0.3 is 10.1 Å². The zero-order valence-electron chi connectivity index (χ0n) is 15.7. The standard InChI is InChI=1S/C21H18ClN3O4S/c1-2-13-23-21(26)15-3-8-18(9-4-15)29-20-12-7-17(14-24-20)25-30(27,28)19-10-5-16(22)6-11-19/h2-12,14,25H,1,13H2,(H,23,26). The van der Waals surface area contributed by atoms with Crippen LogP contribution in [0.5, 0.6) is 11.6 Å². The first-order valence-corrected chi connectivity index (χ1v) is 10.6. The minimum absolute atomic E-state index is 0.0874. The van der Waals surface area contributed by atoms with Crippen LogP contribution < -0.4 is 14.8 Å². The van der Waals surface area contributed by atoms with Crippen LogP contribution in [0.15, 0.2) is 84.4 Å². The van der Waals surface area contributed by atoms with Crippen LogP contribution in [0.3, 0.4) is 0 Å². The third-order valence-electron chi connectivity index (χ3n) is 3.86. The lowest BCUT2D eigenvalue weighted by atomic mass is 10.2. The van der Waals surface area contributed by atoms with E-state index >= 15 is 0 Å². The molecule has 0 saturated carbocycles. The van der Waals surface area contributed by atoms with Gasteiger partial charge in [-0.2, -0.15) is 0 Å². The van der Waals surface area contributed by atoms with E-state index in [0.717, 1.165) is 0 Å². The highest BCUT2D eigenvalue weighted by Gasteiger charge is 2.14. The van der Waals surface area contributed by atoms with Crippen molar-refractivity contribution >= 4 is 33.2 Å². The first kappa shape index (κ1) is 21.4. The van der Waals surface area contributed by atoms with E-state index in [0.29, 0.717) is 22.9 Å². The van der Waals surface area contributed by atoms with E-state index in [1.165, 1.54) is 42.6 Å². The van der Waals surface area contributed by atoms with Gasteiger partial charge in [-0.1, -0.05) is 17.7 Å². The molecule has 1 aromatic heterocycles. The van der Waals surface area contributed by atoms with Crippen LogP contribution in [0.2, 0.25) is 5.02 Å². The van der Waals surface area contributed by atoms with Gasteiger partial charge in [0.05, 0.1) is 16.8 Å². The van der Waals surface area contributed by atoms with Crippen molar-refractivity contribution in [3.8, 4) is 11.6 Å². The van der Waals surface area contributed by atoms with E-state index in [9.17, 15) is 13.2 Å². The number of ether oxygens (including phenoxy) is 1. The van der Waals surface area contributed by atoms with E-state index in [1.807, 2.05) is 0 Å². The number of benzene rings is 2. The van der Waals surface area contributed by atoms with Gasteiger partial charge in [0.1, 0.15) is 5.75 Å². The van der Waals surface area contributed by atoms with Crippen LogP contribution in [0.4, 0.5) is 5.69 Å². The molecule has 0 fully saturated rings. The van der Waals surface area contributed by atoms with Crippen LogP contribution in [-0.4, -0.2) is 25.9 Å².